The zero-order valence-corrected chi connectivity index (χ0v) is 13.8. The Hall–Kier alpha value is -2.13. The molecule has 0 radical (unpaired) electrons. The average molecular weight is 321 g/mol. The van der Waals surface area contributed by atoms with Gasteiger partial charge in [0.05, 0.1) is 19.1 Å². The first-order valence-electron chi connectivity index (χ1n) is 8.83. The van der Waals surface area contributed by atoms with Crippen LogP contribution in [-0.2, 0) is 9.53 Å². The molecule has 1 heterocycles. The van der Waals surface area contributed by atoms with Gasteiger partial charge in [-0.25, -0.2) is 0 Å². The van der Waals surface area contributed by atoms with Gasteiger partial charge in [-0.15, -0.1) is 0 Å². The van der Waals surface area contributed by atoms with Gasteiger partial charge in [0, 0.05) is 6.54 Å². The molecule has 2 atom stereocenters. The molecule has 2 aromatic rings. The van der Waals surface area contributed by atoms with Crippen LogP contribution in [0.25, 0.3) is 0 Å². The van der Waals surface area contributed by atoms with E-state index in [-0.39, 0.29) is 17.9 Å². The van der Waals surface area contributed by atoms with E-state index in [0.717, 1.165) is 24.0 Å². The minimum absolute atomic E-state index is 0.0143. The van der Waals surface area contributed by atoms with Crippen molar-refractivity contribution in [1.82, 2.24) is 4.90 Å². The fourth-order valence-corrected chi connectivity index (χ4v) is 3.62. The lowest BCUT2D eigenvalue weighted by Gasteiger charge is -2.35. The fourth-order valence-electron chi connectivity index (χ4n) is 3.62. The van der Waals surface area contributed by atoms with E-state index in [2.05, 4.69) is 24.3 Å². The molecule has 2 unspecified atom stereocenters. The largest absolute Gasteiger partial charge is 0.370 e. The highest BCUT2D eigenvalue weighted by Crippen LogP contribution is 2.44. The highest BCUT2D eigenvalue weighted by atomic mass is 16.5. The van der Waals surface area contributed by atoms with Crippen LogP contribution in [0.1, 0.15) is 36.0 Å². The highest BCUT2D eigenvalue weighted by molar-refractivity contribution is 5.84. The Morgan fingerprint density at radius 1 is 1.00 bits per heavy atom. The lowest BCUT2D eigenvalue weighted by atomic mass is 9.92. The Morgan fingerprint density at radius 3 is 2.33 bits per heavy atom. The summed E-state index contributed by atoms with van der Waals surface area (Å²) in [5, 5.41) is 0. The van der Waals surface area contributed by atoms with E-state index in [0.29, 0.717) is 25.6 Å². The zero-order valence-electron chi connectivity index (χ0n) is 13.8. The maximum absolute atomic E-state index is 13.2. The second-order valence-electron chi connectivity index (χ2n) is 6.78. The normalized spacial score (nSPS) is 22.2. The third-order valence-electron chi connectivity index (χ3n) is 5.07. The van der Waals surface area contributed by atoms with Crippen LogP contribution in [0.4, 0.5) is 0 Å². The van der Waals surface area contributed by atoms with Crippen molar-refractivity contribution in [3.8, 4) is 0 Å². The minimum atomic E-state index is -0.0143. The smallest absolute Gasteiger partial charge is 0.230 e. The Kier molecular flexibility index (Phi) is 4.35. The van der Waals surface area contributed by atoms with Crippen LogP contribution in [0.2, 0.25) is 0 Å². The van der Waals surface area contributed by atoms with Gasteiger partial charge in [0.2, 0.25) is 5.91 Å². The SMILES string of the molecule is O=C(C(c1ccccc1)C1CC1)N1CCOC(c2ccccc2)C1. The van der Waals surface area contributed by atoms with Crippen molar-refractivity contribution < 1.29 is 9.53 Å². The van der Waals surface area contributed by atoms with Gasteiger partial charge in [0.15, 0.2) is 0 Å². The third kappa shape index (κ3) is 3.22. The second kappa shape index (κ2) is 6.78. The second-order valence-corrected chi connectivity index (χ2v) is 6.78. The molecular formula is C21H23NO2. The number of morpholine rings is 1. The van der Waals surface area contributed by atoms with Crippen molar-refractivity contribution in [2.24, 2.45) is 5.92 Å². The monoisotopic (exact) mass is 321 g/mol. The van der Waals surface area contributed by atoms with E-state index < -0.39 is 0 Å². The first-order valence-corrected chi connectivity index (χ1v) is 8.83. The van der Waals surface area contributed by atoms with Gasteiger partial charge < -0.3 is 9.64 Å². The summed E-state index contributed by atoms with van der Waals surface area (Å²) in [6, 6.07) is 20.5. The molecule has 124 valence electrons. The summed E-state index contributed by atoms with van der Waals surface area (Å²) in [6.45, 7) is 1.95. The maximum atomic E-state index is 13.2. The molecule has 0 aromatic heterocycles. The van der Waals surface area contributed by atoms with E-state index in [1.165, 1.54) is 0 Å². The summed E-state index contributed by atoms with van der Waals surface area (Å²) in [7, 11) is 0. The maximum Gasteiger partial charge on any atom is 0.230 e. The van der Waals surface area contributed by atoms with E-state index in [4.69, 9.17) is 4.74 Å². The van der Waals surface area contributed by atoms with Crippen LogP contribution in [0.15, 0.2) is 60.7 Å². The topological polar surface area (TPSA) is 29.5 Å². The van der Waals surface area contributed by atoms with Gasteiger partial charge in [-0.3, -0.25) is 4.79 Å². The number of rotatable bonds is 4. The molecule has 3 heteroatoms. The van der Waals surface area contributed by atoms with Gasteiger partial charge in [-0.1, -0.05) is 60.7 Å². The Labute approximate surface area is 143 Å². The number of carbonyl (C=O) groups is 1. The molecular weight excluding hydrogens is 298 g/mol. The van der Waals surface area contributed by atoms with Crippen molar-refractivity contribution in [3.63, 3.8) is 0 Å². The van der Waals surface area contributed by atoms with Crippen LogP contribution in [0.3, 0.4) is 0 Å². The molecule has 1 aliphatic heterocycles. The number of amides is 1. The predicted molar refractivity (Wildman–Crippen MR) is 93.6 cm³/mol. The van der Waals surface area contributed by atoms with Gasteiger partial charge >= 0.3 is 0 Å². The highest BCUT2D eigenvalue weighted by Gasteiger charge is 2.40. The van der Waals surface area contributed by atoms with Crippen molar-refractivity contribution >= 4 is 5.91 Å². The van der Waals surface area contributed by atoms with E-state index in [1.807, 2.05) is 41.3 Å². The molecule has 1 amide bonds. The molecule has 1 saturated carbocycles. The molecule has 2 fully saturated rings. The summed E-state index contributed by atoms with van der Waals surface area (Å²) in [4.78, 5) is 15.2. The van der Waals surface area contributed by atoms with Crippen molar-refractivity contribution in [1.29, 1.82) is 0 Å². The van der Waals surface area contributed by atoms with Gasteiger partial charge in [0.1, 0.15) is 6.10 Å². The Bertz CT molecular complexity index is 681. The molecule has 2 aromatic carbocycles. The molecule has 24 heavy (non-hydrogen) atoms. The quantitative estimate of drug-likeness (QED) is 0.857. The van der Waals surface area contributed by atoms with E-state index in [9.17, 15) is 4.79 Å². The Morgan fingerprint density at radius 2 is 1.67 bits per heavy atom. The van der Waals surface area contributed by atoms with Gasteiger partial charge in [-0.05, 0) is 29.9 Å². The van der Waals surface area contributed by atoms with Crippen LogP contribution >= 0.6 is 0 Å². The average Bonchev–Trinajstić information content (AvgIpc) is 3.49. The number of benzene rings is 2. The van der Waals surface area contributed by atoms with Crippen LogP contribution in [0.5, 0.6) is 0 Å². The van der Waals surface area contributed by atoms with Crippen LogP contribution in [-0.4, -0.2) is 30.5 Å². The first kappa shape index (κ1) is 15.4. The summed E-state index contributed by atoms with van der Waals surface area (Å²) < 4.78 is 5.91. The fraction of sp³-hybridized carbons (Fsp3) is 0.381. The summed E-state index contributed by atoms with van der Waals surface area (Å²) >= 11 is 0. The van der Waals surface area contributed by atoms with Crippen LogP contribution in [0, 0.1) is 5.92 Å². The predicted octanol–water partition coefficient (Wildman–Crippen LogP) is 3.78. The Balaban J connectivity index is 1.52. The standard InChI is InChI=1S/C21H23NO2/c23-21(20(18-11-12-18)17-9-5-2-6-10-17)22-13-14-24-19(15-22)16-7-3-1-4-8-16/h1-10,18-20H,11-15H2. The summed E-state index contributed by atoms with van der Waals surface area (Å²) in [5.41, 5.74) is 2.31. The summed E-state index contributed by atoms with van der Waals surface area (Å²) in [6.07, 6.45) is 2.31. The van der Waals surface area contributed by atoms with Crippen molar-refractivity contribution in [3.05, 3.63) is 71.8 Å². The number of hydrogen-bond donors (Lipinski definition) is 0. The van der Waals surface area contributed by atoms with Crippen molar-refractivity contribution in [2.45, 2.75) is 24.9 Å². The molecule has 0 spiro atoms. The summed E-state index contributed by atoms with van der Waals surface area (Å²) in [5.74, 6) is 0.798. The van der Waals surface area contributed by atoms with E-state index in [1.54, 1.807) is 0 Å². The first-order chi connectivity index (χ1) is 11.8. The molecule has 1 aliphatic carbocycles. The zero-order chi connectivity index (χ0) is 16.4. The molecule has 0 N–H and O–H groups in total. The minimum Gasteiger partial charge on any atom is -0.370 e. The van der Waals surface area contributed by atoms with E-state index >= 15 is 0 Å². The number of carbonyl (C=O) groups excluding carboxylic acids is 1. The third-order valence-corrected chi connectivity index (χ3v) is 5.07. The molecule has 0 bridgehead atoms. The molecule has 4 rings (SSSR count). The molecule has 3 nitrogen and oxygen atoms in total. The number of nitrogens with zero attached hydrogens (tertiary/aromatic N) is 1. The molecule has 2 aliphatic rings. The number of ether oxygens (including phenoxy) is 1. The van der Waals surface area contributed by atoms with Crippen molar-refractivity contribution in [2.75, 3.05) is 19.7 Å². The lowest BCUT2D eigenvalue weighted by Crippen LogP contribution is -2.44. The van der Waals surface area contributed by atoms with Crippen LogP contribution < -0.4 is 0 Å². The lowest BCUT2D eigenvalue weighted by molar-refractivity contribution is -0.141. The van der Waals surface area contributed by atoms with Gasteiger partial charge in [0.25, 0.3) is 0 Å². The number of hydrogen-bond acceptors (Lipinski definition) is 2. The van der Waals surface area contributed by atoms with Gasteiger partial charge in [-0.2, -0.15) is 0 Å². The molecule has 1 saturated heterocycles.